The van der Waals surface area contributed by atoms with Gasteiger partial charge in [0, 0.05) is 12.8 Å². The number of carboxylic acids is 1. The monoisotopic (exact) mass is 696 g/mol. The van der Waals surface area contributed by atoms with Crippen LogP contribution in [-0.2, 0) is 23.9 Å². The number of ether oxygens (including phenoxy) is 1. The second kappa shape index (κ2) is 34.9. The fourth-order valence-electron chi connectivity index (χ4n) is 4.60. The van der Waals surface area contributed by atoms with E-state index in [4.69, 9.17) is 14.9 Å². The molecule has 2 amide bonds. The minimum Gasteiger partial charge on any atom is -0.480 e. The lowest BCUT2D eigenvalue weighted by Gasteiger charge is -2.14. The van der Waals surface area contributed by atoms with Gasteiger partial charge in [-0.2, -0.15) is 0 Å². The smallest absolute Gasteiger partial charge is 0.328 e. The maximum absolute atomic E-state index is 12.6. The lowest BCUT2D eigenvalue weighted by molar-refractivity contribution is -0.147. The van der Waals surface area contributed by atoms with Crippen LogP contribution in [0.25, 0.3) is 0 Å². The summed E-state index contributed by atoms with van der Waals surface area (Å²) in [6.07, 6.45) is 43.6. The van der Waals surface area contributed by atoms with Gasteiger partial charge < -0.3 is 25.6 Å². The Labute approximate surface area is 301 Å². The van der Waals surface area contributed by atoms with Crippen molar-refractivity contribution in [2.45, 2.75) is 135 Å². The third-order valence-electron chi connectivity index (χ3n) is 7.39. The molecule has 0 aromatic carbocycles. The number of unbranched alkanes of at least 4 members (excludes halogenated alkanes) is 5. The number of aliphatic hydroxyl groups is 1. The van der Waals surface area contributed by atoms with E-state index < -0.39 is 24.5 Å². The third-order valence-corrected chi connectivity index (χ3v) is 7.39. The van der Waals surface area contributed by atoms with Gasteiger partial charge in [-0.05, 0) is 76.7 Å². The minimum atomic E-state index is -1.39. The molecule has 2 unspecified atom stereocenters. The molecule has 0 radical (unpaired) electrons. The molecule has 9 nitrogen and oxygen atoms in total. The average molecular weight is 697 g/mol. The lowest BCUT2D eigenvalue weighted by Crippen LogP contribution is -2.47. The number of aliphatic carboxylic acids is 1. The molecule has 50 heavy (non-hydrogen) atoms. The number of allylic oxidation sites excluding steroid dienone is 13. The summed E-state index contributed by atoms with van der Waals surface area (Å²) >= 11 is 0. The number of hydrogen-bond donors (Lipinski definition) is 4. The van der Waals surface area contributed by atoms with Gasteiger partial charge in [-0.3, -0.25) is 14.4 Å². The van der Waals surface area contributed by atoms with Crippen molar-refractivity contribution in [3.8, 4) is 0 Å². The molecule has 0 aromatic heterocycles. The SMILES string of the molecule is CC/C=C\C/C=C\C/C=C\C/C=C\CCC(=O)OC(/C=C\C/C=C\C/C=C\CC)CCCCCCCCC(=O)NCC(=O)NC(CO)C(=O)O. The van der Waals surface area contributed by atoms with Crippen LogP contribution in [0.3, 0.4) is 0 Å². The van der Waals surface area contributed by atoms with Crippen molar-refractivity contribution >= 4 is 23.8 Å². The van der Waals surface area contributed by atoms with E-state index in [0.717, 1.165) is 83.5 Å². The summed E-state index contributed by atoms with van der Waals surface area (Å²) in [5.74, 6) is -2.47. The Bertz CT molecular complexity index is 1120. The second-order valence-corrected chi connectivity index (χ2v) is 11.9. The van der Waals surface area contributed by atoms with E-state index in [-0.39, 0.29) is 30.9 Å². The number of carbonyl (C=O) groups excluding carboxylic acids is 3. The zero-order valence-corrected chi connectivity index (χ0v) is 30.6. The molecular weight excluding hydrogens is 632 g/mol. The summed E-state index contributed by atoms with van der Waals surface area (Å²) in [4.78, 5) is 47.2. The Hall–Kier alpha value is -3.98. The van der Waals surface area contributed by atoms with Gasteiger partial charge in [-0.1, -0.05) is 119 Å². The number of hydrogen-bond acceptors (Lipinski definition) is 6. The number of carboxylic acid groups (broad SMARTS) is 1. The zero-order chi connectivity index (χ0) is 36.9. The maximum atomic E-state index is 12.6. The van der Waals surface area contributed by atoms with Crippen LogP contribution in [0.4, 0.5) is 0 Å². The highest BCUT2D eigenvalue weighted by atomic mass is 16.5. The predicted octanol–water partition coefficient (Wildman–Crippen LogP) is 8.14. The van der Waals surface area contributed by atoms with Gasteiger partial charge in [0.15, 0.2) is 0 Å². The minimum absolute atomic E-state index is 0.187. The zero-order valence-electron chi connectivity index (χ0n) is 30.6. The van der Waals surface area contributed by atoms with Crippen molar-refractivity contribution in [1.29, 1.82) is 0 Å². The van der Waals surface area contributed by atoms with Gasteiger partial charge in [0.1, 0.15) is 12.1 Å². The number of esters is 1. The summed E-state index contributed by atoms with van der Waals surface area (Å²) < 4.78 is 5.83. The number of aliphatic hydroxyl groups excluding tert-OH is 1. The Balaban J connectivity index is 4.44. The van der Waals surface area contributed by atoms with E-state index in [1.807, 2.05) is 12.2 Å². The van der Waals surface area contributed by atoms with E-state index in [1.54, 1.807) is 0 Å². The van der Waals surface area contributed by atoms with Crippen molar-refractivity contribution in [1.82, 2.24) is 10.6 Å². The maximum Gasteiger partial charge on any atom is 0.328 e. The summed E-state index contributed by atoms with van der Waals surface area (Å²) in [6.45, 7) is 3.19. The van der Waals surface area contributed by atoms with Crippen molar-refractivity contribution in [2.75, 3.05) is 13.2 Å². The average Bonchev–Trinajstić information content (AvgIpc) is 3.10. The molecule has 0 saturated heterocycles. The Morgan fingerprint density at radius 2 is 1.12 bits per heavy atom. The van der Waals surface area contributed by atoms with Crippen LogP contribution < -0.4 is 10.6 Å². The predicted molar refractivity (Wildman–Crippen MR) is 203 cm³/mol. The van der Waals surface area contributed by atoms with Gasteiger partial charge in [-0.15, -0.1) is 0 Å². The molecule has 2 atom stereocenters. The first-order chi connectivity index (χ1) is 24.3. The molecule has 9 heteroatoms. The van der Waals surface area contributed by atoms with Crippen LogP contribution in [-0.4, -0.2) is 59.3 Å². The summed E-state index contributed by atoms with van der Waals surface area (Å²) in [5, 5.41) is 22.4. The fourth-order valence-corrected chi connectivity index (χ4v) is 4.60. The molecule has 280 valence electrons. The molecule has 0 rings (SSSR count). The first kappa shape index (κ1) is 46.0. The Kier molecular flexibility index (Phi) is 32.1. The molecular formula is C41H64N2O7. The fraction of sp³-hybridized carbons (Fsp3) is 0.561. The molecule has 0 saturated carbocycles. The molecule has 0 spiro atoms. The largest absolute Gasteiger partial charge is 0.480 e. The normalized spacial score (nSPS) is 13.5. The first-order valence-electron chi connectivity index (χ1n) is 18.5. The van der Waals surface area contributed by atoms with Crippen LogP contribution in [0.15, 0.2) is 85.1 Å². The highest BCUT2D eigenvalue weighted by molar-refractivity contribution is 5.87. The molecule has 0 aliphatic rings. The van der Waals surface area contributed by atoms with E-state index in [0.29, 0.717) is 19.3 Å². The molecule has 0 aromatic rings. The second-order valence-electron chi connectivity index (χ2n) is 11.9. The number of amides is 2. The van der Waals surface area contributed by atoms with E-state index >= 15 is 0 Å². The van der Waals surface area contributed by atoms with Gasteiger partial charge in [0.2, 0.25) is 11.8 Å². The van der Waals surface area contributed by atoms with Crippen LogP contribution in [0.2, 0.25) is 0 Å². The summed E-state index contributed by atoms with van der Waals surface area (Å²) in [5.41, 5.74) is 0. The highest BCUT2D eigenvalue weighted by Crippen LogP contribution is 2.14. The lowest BCUT2D eigenvalue weighted by atomic mass is 10.1. The van der Waals surface area contributed by atoms with Gasteiger partial charge in [0.05, 0.1) is 13.2 Å². The van der Waals surface area contributed by atoms with Gasteiger partial charge in [0.25, 0.3) is 0 Å². The van der Waals surface area contributed by atoms with Gasteiger partial charge in [-0.25, -0.2) is 4.79 Å². The summed E-state index contributed by atoms with van der Waals surface area (Å²) in [6, 6.07) is -1.39. The Morgan fingerprint density at radius 1 is 0.620 bits per heavy atom. The molecule has 0 bridgehead atoms. The quantitative estimate of drug-likeness (QED) is 0.0326. The van der Waals surface area contributed by atoms with Crippen molar-refractivity contribution in [3.05, 3.63) is 85.1 Å². The first-order valence-corrected chi connectivity index (χ1v) is 18.5. The number of carbonyl (C=O) groups is 4. The number of nitrogens with one attached hydrogen (secondary N) is 2. The molecule has 0 aliphatic heterocycles. The highest BCUT2D eigenvalue weighted by Gasteiger charge is 2.18. The Morgan fingerprint density at radius 3 is 1.66 bits per heavy atom. The molecule has 0 heterocycles. The van der Waals surface area contributed by atoms with Crippen LogP contribution in [0, 0.1) is 0 Å². The third kappa shape index (κ3) is 31.3. The topological polar surface area (TPSA) is 142 Å². The van der Waals surface area contributed by atoms with Crippen molar-refractivity contribution in [3.63, 3.8) is 0 Å². The van der Waals surface area contributed by atoms with Gasteiger partial charge >= 0.3 is 11.9 Å². The summed E-state index contributed by atoms with van der Waals surface area (Å²) in [7, 11) is 0. The molecule has 0 aliphatic carbocycles. The van der Waals surface area contributed by atoms with Crippen LogP contribution in [0.1, 0.15) is 123 Å². The van der Waals surface area contributed by atoms with Crippen molar-refractivity contribution < 1.29 is 34.1 Å². The standard InChI is InChI=1S/C41H64N2O7/c1-3-5-7-9-11-13-14-15-16-17-19-25-29-33-40(47)50-36(30-26-22-18-12-10-8-6-4-2)31-27-23-20-21-24-28-32-38(45)42-34-39(46)43-37(35-44)41(48)49/h5-8,11-13,15-16,18-19,25-26,30,36-37,44H,3-4,9-10,14,17,20-24,27-29,31-35H2,1-2H3,(H,42,45)(H,43,46)(H,48,49)/b7-5-,8-6-,13-11-,16-15-,18-12-,25-19-,30-26-. The van der Waals surface area contributed by atoms with Crippen LogP contribution >= 0.6 is 0 Å². The number of rotatable bonds is 31. The van der Waals surface area contributed by atoms with E-state index in [9.17, 15) is 19.2 Å². The molecule has 0 fully saturated rings. The van der Waals surface area contributed by atoms with E-state index in [2.05, 4.69) is 97.4 Å². The van der Waals surface area contributed by atoms with Crippen LogP contribution in [0.5, 0.6) is 0 Å². The molecule has 4 N–H and O–H groups in total. The van der Waals surface area contributed by atoms with Crippen molar-refractivity contribution in [2.24, 2.45) is 0 Å². The van der Waals surface area contributed by atoms with E-state index in [1.165, 1.54) is 0 Å².